The first-order valence-corrected chi connectivity index (χ1v) is 10.1. The van der Waals surface area contributed by atoms with Crippen LogP contribution in [0.3, 0.4) is 0 Å². The highest BCUT2D eigenvalue weighted by Crippen LogP contribution is 2.06. The monoisotopic (exact) mass is 558 g/mol. The lowest BCUT2D eigenvalue weighted by Gasteiger charge is -1.97. The van der Waals surface area contributed by atoms with Crippen LogP contribution in [0, 0.1) is 0 Å². The number of carboxylic acid groups (broad SMARTS) is 1. The molecule has 0 saturated heterocycles. The van der Waals surface area contributed by atoms with Gasteiger partial charge in [-0.1, -0.05) is 4.68 Å². The Morgan fingerprint density at radius 2 is 1.54 bits per heavy atom. The van der Waals surface area contributed by atoms with E-state index in [1.54, 1.807) is 54.0 Å². The van der Waals surface area contributed by atoms with E-state index in [4.69, 9.17) is 16.7 Å². The molecule has 4 rings (SSSR count). The third kappa shape index (κ3) is 9.63. The maximum absolute atomic E-state index is 10.8. The number of aromatic nitrogens is 6. The summed E-state index contributed by atoms with van der Waals surface area (Å²) in [6.07, 6.45) is 12.5. The fraction of sp³-hybridized carbons (Fsp3) is 0. The number of carbonyl (C=O) groups is 4. The number of nitrogens with one attached hydrogen (secondary N) is 1. The summed E-state index contributed by atoms with van der Waals surface area (Å²) in [6, 6.07) is 7.24. The molecule has 0 amide bonds. The third-order valence-corrected chi connectivity index (χ3v) is 4.33. The topological polar surface area (TPSA) is 152 Å². The van der Waals surface area contributed by atoms with Crippen molar-refractivity contribution in [3.63, 3.8) is 0 Å². The molecule has 11 nitrogen and oxygen atoms in total. The standard InChI is InChI=1S/C9H6ClN3O.C9H7N3O2.C2Cl2O2.ClH/c10-9(14)7-4-12-13(6-7)8-2-1-3-11-5-8;13-9(14)7-4-11-12(6-7)8-2-1-3-10-5-8;3-1(5)2(4)6;/h1-6H;1-6H,(H,13,14);;1H. The Morgan fingerprint density at radius 3 is 1.97 bits per heavy atom. The second kappa shape index (κ2) is 14.6. The molecule has 0 aliphatic carbocycles. The number of pyridine rings is 2. The van der Waals surface area contributed by atoms with Crippen LogP contribution in [-0.2, 0) is 9.59 Å². The van der Waals surface area contributed by atoms with Crippen LogP contribution in [0.25, 0.3) is 11.4 Å². The minimum absolute atomic E-state index is 0. The summed E-state index contributed by atoms with van der Waals surface area (Å²) in [6.45, 7) is 0. The molecule has 4 aromatic rings. The molecule has 15 heteroatoms. The van der Waals surface area contributed by atoms with Gasteiger partial charge in [-0.05, 0) is 53.0 Å². The summed E-state index contributed by atoms with van der Waals surface area (Å²) in [5.41, 5.74) is 2.17. The van der Waals surface area contributed by atoms with Crippen LogP contribution >= 0.6 is 34.8 Å². The van der Waals surface area contributed by atoms with Crippen molar-refractivity contribution in [1.82, 2.24) is 24.8 Å². The van der Waals surface area contributed by atoms with Crippen LogP contribution in [0.5, 0.6) is 0 Å². The van der Waals surface area contributed by atoms with Gasteiger partial charge in [0.05, 0.1) is 29.8 Å². The number of aromatic amines is 1. The number of rotatable bonds is 5. The molecule has 0 bridgehead atoms. The fourth-order valence-electron chi connectivity index (χ4n) is 2.17. The number of nitrogens with zero attached hydrogens (tertiary/aromatic N) is 5. The highest BCUT2D eigenvalue weighted by molar-refractivity contribution is 6.97. The van der Waals surface area contributed by atoms with Crippen molar-refractivity contribution in [3.05, 3.63) is 85.0 Å². The summed E-state index contributed by atoms with van der Waals surface area (Å²) in [7, 11) is 0. The fourth-order valence-corrected chi connectivity index (χ4v) is 2.27. The van der Waals surface area contributed by atoms with Gasteiger partial charge in [0, 0.05) is 24.7 Å². The molecule has 35 heavy (non-hydrogen) atoms. The highest BCUT2D eigenvalue weighted by atomic mass is 35.5. The van der Waals surface area contributed by atoms with Crippen molar-refractivity contribution >= 4 is 56.5 Å². The van der Waals surface area contributed by atoms with Gasteiger partial charge in [-0.3, -0.25) is 24.4 Å². The molecule has 2 N–H and O–H groups in total. The molecule has 0 fully saturated rings. The van der Waals surface area contributed by atoms with Gasteiger partial charge in [-0.25, -0.2) is 9.48 Å². The van der Waals surface area contributed by atoms with Gasteiger partial charge in [-0.15, -0.1) is 0 Å². The van der Waals surface area contributed by atoms with Gasteiger partial charge >= 0.3 is 16.5 Å². The molecule has 4 heterocycles. The lowest BCUT2D eigenvalue weighted by atomic mass is 10.4. The number of halogens is 4. The van der Waals surface area contributed by atoms with Crippen LogP contribution in [0.4, 0.5) is 0 Å². The van der Waals surface area contributed by atoms with Gasteiger partial charge in [0.15, 0.2) is 0 Å². The van der Waals surface area contributed by atoms with Gasteiger partial charge in [0.1, 0.15) is 11.8 Å². The second-order valence-electron chi connectivity index (χ2n) is 5.95. The van der Waals surface area contributed by atoms with Crippen LogP contribution in [0.1, 0.15) is 20.7 Å². The van der Waals surface area contributed by atoms with E-state index in [-0.39, 0.29) is 18.0 Å². The molecule has 4 aromatic heterocycles. The molecule has 182 valence electrons. The first kappa shape index (κ1) is 29.4. The Morgan fingerprint density at radius 1 is 0.914 bits per heavy atom. The summed E-state index contributed by atoms with van der Waals surface area (Å²) in [5.74, 6) is -0.986. The third-order valence-electron chi connectivity index (χ3n) is 3.67. The Balaban J connectivity index is 0.000000280. The van der Waals surface area contributed by atoms with Crippen LogP contribution < -0.4 is 17.1 Å². The van der Waals surface area contributed by atoms with E-state index in [9.17, 15) is 19.2 Å². The number of H-pyrrole nitrogens is 1. The summed E-state index contributed by atoms with van der Waals surface area (Å²) >= 11 is 14.3. The van der Waals surface area contributed by atoms with Crippen molar-refractivity contribution in [2.45, 2.75) is 0 Å². The first-order valence-electron chi connectivity index (χ1n) is 8.97. The van der Waals surface area contributed by atoms with Crippen LogP contribution in [0.15, 0.2) is 73.8 Å². The maximum atomic E-state index is 10.8. The highest BCUT2D eigenvalue weighted by Gasteiger charge is 2.13. The van der Waals surface area contributed by atoms with E-state index in [1.165, 1.54) is 17.1 Å². The molecule has 0 radical (unpaired) electrons. The number of aromatic carboxylic acids is 1. The summed E-state index contributed by atoms with van der Waals surface area (Å²) in [4.78, 5) is 48.1. The van der Waals surface area contributed by atoms with E-state index in [1.807, 2.05) is 12.1 Å². The van der Waals surface area contributed by atoms with E-state index in [2.05, 4.69) is 43.4 Å². The zero-order valence-corrected chi connectivity index (χ0v) is 20.3. The van der Waals surface area contributed by atoms with E-state index in [0.29, 0.717) is 5.56 Å². The van der Waals surface area contributed by atoms with Crippen LogP contribution in [0.2, 0.25) is 0 Å². The Kier molecular flexibility index (Phi) is 12.2. The Labute approximate surface area is 218 Å². The lowest BCUT2D eigenvalue weighted by Crippen LogP contribution is -3.00. The largest absolute Gasteiger partial charge is 1.00 e. The van der Waals surface area contributed by atoms with Crippen LogP contribution in [-0.4, -0.2) is 51.7 Å². The van der Waals surface area contributed by atoms with Crippen molar-refractivity contribution in [2.75, 3.05) is 0 Å². The Bertz CT molecular complexity index is 1180. The number of carbonyl (C=O) groups excluding carboxylic acids is 3. The minimum atomic E-state index is -1.14. The maximum Gasteiger partial charge on any atom is 0.338 e. The quantitative estimate of drug-likeness (QED) is 0.189. The number of hydrogen-bond acceptors (Lipinski definition) is 7. The lowest BCUT2D eigenvalue weighted by molar-refractivity contribution is -0.655. The SMILES string of the molecule is O=C(Cl)C(=O)Cl.O=C(Cl)c1c[nH][n+](-c2cccnc2)c1.O=C(O)c1cnn(-c2cccnc2)c1.[Cl-]. The second-order valence-corrected chi connectivity index (χ2v) is 6.98. The predicted octanol–water partition coefficient (Wildman–Crippen LogP) is -0.448. The van der Waals surface area contributed by atoms with E-state index < -0.39 is 21.7 Å². The zero-order valence-electron chi connectivity index (χ0n) is 17.3. The van der Waals surface area contributed by atoms with Crippen molar-refractivity contribution in [3.8, 4) is 11.4 Å². The van der Waals surface area contributed by atoms with E-state index >= 15 is 0 Å². The molecule has 0 aliphatic heterocycles. The normalized spacial score (nSPS) is 9.34. The van der Waals surface area contributed by atoms with Gasteiger partial charge in [0.25, 0.3) is 10.9 Å². The van der Waals surface area contributed by atoms with Gasteiger partial charge in [-0.2, -0.15) is 10.2 Å². The van der Waals surface area contributed by atoms with Crippen molar-refractivity contribution in [1.29, 1.82) is 0 Å². The molecule has 0 spiro atoms. The van der Waals surface area contributed by atoms with Gasteiger partial charge in [0.2, 0.25) is 6.20 Å². The average Bonchev–Trinajstić information content (AvgIpc) is 3.52. The molecular formula is C20H14Cl4N6O5. The van der Waals surface area contributed by atoms with Gasteiger partial charge < -0.3 is 17.5 Å². The smallest absolute Gasteiger partial charge is 0.338 e. The number of hydrogen-bond donors (Lipinski definition) is 2. The molecule has 0 saturated carbocycles. The molecule has 0 atom stereocenters. The minimum Gasteiger partial charge on any atom is -1.00 e. The zero-order chi connectivity index (χ0) is 25.1. The molecule has 0 aromatic carbocycles. The molecule has 0 aliphatic rings. The Hall–Kier alpha value is -3.64. The number of carboxylic acids is 1. The van der Waals surface area contributed by atoms with Crippen molar-refractivity contribution in [2.24, 2.45) is 0 Å². The molecule has 0 unspecified atom stereocenters. The van der Waals surface area contributed by atoms with E-state index in [0.717, 1.165) is 11.4 Å². The summed E-state index contributed by atoms with van der Waals surface area (Å²) in [5, 5.41) is 12.7. The molecular weight excluding hydrogens is 546 g/mol. The van der Waals surface area contributed by atoms with Crippen molar-refractivity contribution < 1.29 is 41.4 Å². The summed E-state index contributed by atoms with van der Waals surface area (Å²) < 4.78 is 3.14. The average molecular weight is 560 g/mol. The first-order chi connectivity index (χ1) is 16.2. The predicted molar refractivity (Wildman–Crippen MR) is 120 cm³/mol.